The van der Waals surface area contributed by atoms with Crippen molar-refractivity contribution in [1.29, 1.82) is 0 Å². The number of hydrogen-bond acceptors (Lipinski definition) is 2. The van der Waals surface area contributed by atoms with Gasteiger partial charge in [-0.1, -0.05) is 87.0 Å². The molecule has 2 aromatic carbocycles. The zero-order valence-electron chi connectivity index (χ0n) is 18.7. The first kappa shape index (κ1) is 23.9. The van der Waals surface area contributed by atoms with Crippen LogP contribution in [0, 0.1) is 26.7 Å². The Morgan fingerprint density at radius 1 is 1.10 bits per heavy atom. The number of sulfonamides is 1. The average molecular weight is 424 g/mol. The molecule has 0 aromatic heterocycles. The molecule has 0 bridgehead atoms. The van der Waals surface area contributed by atoms with Gasteiger partial charge in [0.05, 0.1) is 10.9 Å². The molecule has 0 aliphatic heterocycles. The summed E-state index contributed by atoms with van der Waals surface area (Å²) in [7, 11) is -3.73. The van der Waals surface area contributed by atoms with Gasteiger partial charge in [0.25, 0.3) is 0 Å². The summed E-state index contributed by atoms with van der Waals surface area (Å²) < 4.78 is 29.4. The Bertz CT molecular complexity index is 1010. The Hall–Kier alpha value is -2.39. The summed E-state index contributed by atoms with van der Waals surface area (Å²) in [5, 5.41) is 0. The van der Waals surface area contributed by atoms with E-state index in [9.17, 15) is 8.42 Å². The van der Waals surface area contributed by atoms with Gasteiger partial charge in [0.1, 0.15) is 0 Å². The molecule has 0 radical (unpaired) electrons. The summed E-state index contributed by atoms with van der Waals surface area (Å²) in [6.45, 7) is 13.8. The minimum atomic E-state index is -3.73. The molecular weight excluding hydrogens is 390 g/mol. The molecule has 2 aromatic rings. The molecule has 0 amide bonds. The highest BCUT2D eigenvalue weighted by Crippen LogP contribution is 2.29. The van der Waals surface area contributed by atoms with Gasteiger partial charge in [0, 0.05) is 6.54 Å². The van der Waals surface area contributed by atoms with Crippen LogP contribution in [-0.4, -0.2) is 25.3 Å². The van der Waals surface area contributed by atoms with Crippen LogP contribution in [0.15, 0.2) is 71.8 Å². The molecule has 3 nitrogen and oxygen atoms in total. The molecule has 0 fully saturated rings. The maximum absolute atomic E-state index is 13.9. The minimum absolute atomic E-state index is 0.130. The van der Waals surface area contributed by atoms with E-state index in [1.54, 1.807) is 10.4 Å². The van der Waals surface area contributed by atoms with Crippen molar-refractivity contribution in [2.75, 3.05) is 6.54 Å². The van der Waals surface area contributed by atoms with Crippen molar-refractivity contribution >= 4 is 16.1 Å². The van der Waals surface area contributed by atoms with Gasteiger partial charge < -0.3 is 0 Å². The first-order chi connectivity index (χ1) is 14.2. The lowest BCUT2D eigenvalue weighted by Crippen LogP contribution is -2.43. The topological polar surface area (TPSA) is 37.4 Å². The van der Waals surface area contributed by atoms with Crippen molar-refractivity contribution in [2.24, 2.45) is 5.92 Å². The third kappa shape index (κ3) is 5.60. The van der Waals surface area contributed by atoms with Crippen LogP contribution in [0.5, 0.6) is 0 Å². The van der Waals surface area contributed by atoms with E-state index in [1.807, 2.05) is 75.4 Å². The fourth-order valence-electron chi connectivity index (χ4n) is 3.82. The number of aryl methyl sites for hydroxylation is 3. The molecule has 1 unspecified atom stereocenters. The molecule has 30 heavy (non-hydrogen) atoms. The summed E-state index contributed by atoms with van der Waals surface area (Å²) in [6.07, 6.45) is 6.50. The maximum Gasteiger partial charge on any atom is 0.244 e. The molecule has 0 saturated carbocycles. The second-order valence-electron chi connectivity index (χ2n) is 7.86. The van der Waals surface area contributed by atoms with Crippen LogP contribution >= 0.6 is 0 Å². The second kappa shape index (κ2) is 10.6. The van der Waals surface area contributed by atoms with Crippen LogP contribution in [0.25, 0.3) is 6.08 Å². The van der Waals surface area contributed by atoms with Gasteiger partial charge in [-0.2, -0.15) is 4.31 Å². The monoisotopic (exact) mass is 423 g/mol. The van der Waals surface area contributed by atoms with E-state index in [0.717, 1.165) is 28.7 Å². The molecule has 160 valence electrons. The zero-order valence-corrected chi connectivity index (χ0v) is 19.5. The first-order valence-electron chi connectivity index (χ1n) is 10.4. The van der Waals surface area contributed by atoms with Gasteiger partial charge in [-0.05, 0) is 49.5 Å². The molecular formula is C26H33NO2S. The van der Waals surface area contributed by atoms with E-state index in [4.69, 9.17) is 0 Å². The number of benzene rings is 2. The Morgan fingerprint density at radius 3 is 2.23 bits per heavy atom. The van der Waals surface area contributed by atoms with Crippen LogP contribution in [-0.2, 0) is 10.0 Å². The van der Waals surface area contributed by atoms with E-state index in [0.29, 0.717) is 4.90 Å². The number of rotatable bonds is 9. The Kier molecular flexibility index (Phi) is 8.43. The predicted octanol–water partition coefficient (Wildman–Crippen LogP) is 6.07. The maximum atomic E-state index is 13.9. The van der Waals surface area contributed by atoms with Crippen LogP contribution in [0.3, 0.4) is 0 Å². The van der Waals surface area contributed by atoms with Gasteiger partial charge in [0.2, 0.25) is 10.0 Å². The molecule has 0 saturated heterocycles. The van der Waals surface area contributed by atoms with Gasteiger partial charge in [-0.25, -0.2) is 8.42 Å². The third-order valence-electron chi connectivity index (χ3n) is 5.41. The van der Waals surface area contributed by atoms with Gasteiger partial charge in [-0.15, -0.1) is 5.73 Å². The number of hydrogen-bond donors (Lipinski definition) is 0. The smallest absolute Gasteiger partial charge is 0.207 e. The predicted molar refractivity (Wildman–Crippen MR) is 127 cm³/mol. The van der Waals surface area contributed by atoms with Crippen molar-refractivity contribution in [2.45, 2.75) is 52.0 Å². The SMILES string of the molecule is C=C=C[C@H](C(C)CC)N(C/C=C/c1ccccc1)S(=O)(=O)c1c(C)cc(C)cc1C. The highest BCUT2D eigenvalue weighted by Gasteiger charge is 2.34. The minimum Gasteiger partial charge on any atom is -0.207 e. The molecule has 0 N–H and O–H groups in total. The van der Waals surface area contributed by atoms with E-state index in [-0.39, 0.29) is 18.5 Å². The van der Waals surface area contributed by atoms with E-state index >= 15 is 0 Å². The zero-order chi connectivity index (χ0) is 22.3. The quantitative estimate of drug-likeness (QED) is 0.459. The third-order valence-corrected chi connectivity index (χ3v) is 7.58. The van der Waals surface area contributed by atoms with Crippen molar-refractivity contribution in [3.63, 3.8) is 0 Å². The number of nitrogens with zero attached hydrogens (tertiary/aromatic N) is 1. The summed E-state index contributed by atoms with van der Waals surface area (Å²) >= 11 is 0. The fraction of sp³-hybridized carbons (Fsp3) is 0.346. The molecule has 4 heteroatoms. The molecule has 0 heterocycles. The van der Waals surface area contributed by atoms with Gasteiger partial charge in [-0.3, -0.25) is 0 Å². The standard InChI is InChI=1S/C26H33NO2S/c1-7-13-25(21(4)8-2)27(17-12-16-24-14-10-9-11-15-24)30(28,29)26-22(5)18-20(3)19-23(26)6/h9-16,18-19,21,25H,1,8,17H2,2-6H3/b16-12+/t21?,25-/m1/s1. The van der Waals surface area contributed by atoms with Crippen LogP contribution in [0.1, 0.15) is 42.5 Å². The van der Waals surface area contributed by atoms with Gasteiger partial charge >= 0.3 is 0 Å². The van der Waals surface area contributed by atoms with Crippen molar-refractivity contribution in [3.8, 4) is 0 Å². The fourth-order valence-corrected chi connectivity index (χ4v) is 5.86. The van der Waals surface area contributed by atoms with Gasteiger partial charge in [0.15, 0.2) is 0 Å². The molecule has 2 atom stereocenters. The lowest BCUT2D eigenvalue weighted by Gasteiger charge is -2.32. The van der Waals surface area contributed by atoms with Crippen molar-refractivity contribution < 1.29 is 8.42 Å². The van der Waals surface area contributed by atoms with E-state index < -0.39 is 10.0 Å². The Labute approximate surface area is 182 Å². The Morgan fingerprint density at radius 2 is 1.70 bits per heavy atom. The van der Waals surface area contributed by atoms with Crippen LogP contribution < -0.4 is 0 Å². The average Bonchev–Trinajstić information content (AvgIpc) is 2.69. The molecule has 2 rings (SSSR count). The lowest BCUT2D eigenvalue weighted by atomic mass is 9.99. The normalized spacial score (nSPS) is 13.9. The molecule has 0 spiro atoms. The van der Waals surface area contributed by atoms with Crippen molar-refractivity contribution in [1.82, 2.24) is 4.31 Å². The van der Waals surface area contributed by atoms with Crippen LogP contribution in [0.2, 0.25) is 0 Å². The second-order valence-corrected chi connectivity index (χ2v) is 9.69. The largest absolute Gasteiger partial charge is 0.244 e. The summed E-state index contributed by atoms with van der Waals surface area (Å²) in [5.74, 6) is 0.130. The van der Waals surface area contributed by atoms with Crippen LogP contribution in [0.4, 0.5) is 0 Å². The van der Waals surface area contributed by atoms with Crippen molar-refractivity contribution in [3.05, 3.63) is 89.2 Å². The first-order valence-corrected chi connectivity index (χ1v) is 11.8. The van der Waals surface area contributed by atoms with E-state index in [1.165, 1.54) is 0 Å². The summed E-state index contributed by atoms with van der Waals surface area (Å²) in [4.78, 5) is 0.395. The molecule has 0 aliphatic rings. The molecule has 0 aliphatic carbocycles. The summed E-state index contributed by atoms with van der Waals surface area (Å²) in [5.41, 5.74) is 6.47. The summed E-state index contributed by atoms with van der Waals surface area (Å²) in [6, 6.07) is 13.4. The Balaban J connectivity index is 2.56. The highest BCUT2D eigenvalue weighted by molar-refractivity contribution is 7.89. The highest BCUT2D eigenvalue weighted by atomic mass is 32.2. The lowest BCUT2D eigenvalue weighted by molar-refractivity contribution is 0.304. The van der Waals surface area contributed by atoms with E-state index in [2.05, 4.69) is 26.2 Å².